The third kappa shape index (κ3) is 4.95. The van der Waals surface area contributed by atoms with Crippen molar-refractivity contribution >= 4 is 39.8 Å². The Morgan fingerprint density at radius 2 is 2.36 bits per heavy atom. The zero-order valence-corrected chi connectivity index (χ0v) is 13.5. The number of aromatic nitrogens is 2. The van der Waals surface area contributed by atoms with Crippen molar-refractivity contribution in [2.45, 2.75) is 4.34 Å². The summed E-state index contributed by atoms with van der Waals surface area (Å²) in [5.41, 5.74) is 0.860. The highest BCUT2D eigenvalue weighted by molar-refractivity contribution is 8.01. The van der Waals surface area contributed by atoms with Crippen molar-refractivity contribution in [2.24, 2.45) is 0 Å². The lowest BCUT2D eigenvalue weighted by Gasteiger charge is -2.04. The molecule has 0 atom stereocenters. The van der Waals surface area contributed by atoms with E-state index >= 15 is 0 Å². The molecule has 1 heterocycles. The first-order valence-corrected chi connectivity index (χ1v) is 8.09. The third-order valence-corrected chi connectivity index (χ3v) is 4.41. The Balaban J connectivity index is 1.88. The molecule has 1 aromatic heterocycles. The lowest BCUT2D eigenvalue weighted by molar-refractivity contribution is -0.118. The molecule has 0 aliphatic heterocycles. The molecular weight excluding hydrogens is 320 g/mol. The summed E-state index contributed by atoms with van der Waals surface area (Å²) >= 11 is 2.69. The number of benzene rings is 1. The van der Waals surface area contributed by atoms with Crippen LogP contribution in [0, 0.1) is 12.3 Å². The zero-order chi connectivity index (χ0) is 15.8. The second-order valence-electron chi connectivity index (χ2n) is 4.00. The number of terminal acetylenes is 1. The maximum absolute atomic E-state index is 11.4. The van der Waals surface area contributed by atoms with Gasteiger partial charge in [-0.1, -0.05) is 35.1 Å². The number of nitrogens with zero attached hydrogens (tertiary/aromatic N) is 2. The van der Waals surface area contributed by atoms with Crippen molar-refractivity contribution in [1.82, 2.24) is 15.5 Å². The molecule has 0 saturated heterocycles. The predicted molar refractivity (Wildman–Crippen MR) is 88.8 cm³/mol. The quantitative estimate of drug-likeness (QED) is 0.597. The largest absolute Gasteiger partial charge is 0.497 e. The molecule has 2 rings (SSSR count). The number of nitrogens with one attached hydrogen (secondary N) is 2. The average molecular weight is 334 g/mol. The number of carbonyl (C=O) groups is 1. The van der Waals surface area contributed by atoms with Crippen LogP contribution in [-0.2, 0) is 4.79 Å². The monoisotopic (exact) mass is 334 g/mol. The average Bonchev–Trinajstić information content (AvgIpc) is 2.98. The number of hydrogen-bond acceptors (Lipinski definition) is 7. The molecular formula is C14H14N4O2S2. The van der Waals surface area contributed by atoms with E-state index in [9.17, 15) is 4.79 Å². The van der Waals surface area contributed by atoms with E-state index in [1.807, 2.05) is 24.3 Å². The normalized spacial score (nSPS) is 9.82. The van der Waals surface area contributed by atoms with Crippen LogP contribution in [0.3, 0.4) is 0 Å². The molecule has 114 valence electrons. The van der Waals surface area contributed by atoms with Crippen molar-refractivity contribution in [3.05, 3.63) is 24.3 Å². The molecule has 2 N–H and O–H groups in total. The van der Waals surface area contributed by atoms with Gasteiger partial charge in [-0.05, 0) is 12.1 Å². The Bertz CT molecular complexity index is 681. The van der Waals surface area contributed by atoms with E-state index in [4.69, 9.17) is 11.2 Å². The van der Waals surface area contributed by atoms with Crippen molar-refractivity contribution in [3.8, 4) is 18.1 Å². The lowest BCUT2D eigenvalue weighted by Crippen LogP contribution is -2.25. The summed E-state index contributed by atoms with van der Waals surface area (Å²) in [6, 6.07) is 7.51. The van der Waals surface area contributed by atoms with E-state index in [2.05, 4.69) is 26.8 Å². The molecule has 0 spiro atoms. The van der Waals surface area contributed by atoms with Gasteiger partial charge in [-0.2, -0.15) is 0 Å². The van der Waals surface area contributed by atoms with Crippen LogP contribution in [0.2, 0.25) is 0 Å². The van der Waals surface area contributed by atoms with E-state index in [-0.39, 0.29) is 18.2 Å². The topological polar surface area (TPSA) is 76.1 Å². The Morgan fingerprint density at radius 1 is 1.50 bits per heavy atom. The lowest BCUT2D eigenvalue weighted by atomic mass is 10.3. The number of amides is 1. The van der Waals surface area contributed by atoms with Crippen molar-refractivity contribution < 1.29 is 9.53 Å². The van der Waals surface area contributed by atoms with E-state index in [1.54, 1.807) is 7.11 Å². The van der Waals surface area contributed by atoms with Crippen LogP contribution in [0.1, 0.15) is 0 Å². The molecule has 0 unspecified atom stereocenters. The number of ether oxygens (including phenoxy) is 1. The molecule has 0 aliphatic carbocycles. The van der Waals surface area contributed by atoms with Crippen LogP contribution in [-0.4, -0.2) is 35.5 Å². The maximum Gasteiger partial charge on any atom is 0.231 e. The molecule has 6 nitrogen and oxygen atoms in total. The van der Waals surface area contributed by atoms with E-state index in [0.717, 1.165) is 11.4 Å². The molecule has 0 fully saturated rings. The first kappa shape index (κ1) is 16.1. The summed E-state index contributed by atoms with van der Waals surface area (Å²) in [4.78, 5) is 11.4. The number of anilines is 2. The Morgan fingerprint density at radius 3 is 3.14 bits per heavy atom. The number of methoxy groups -OCH3 is 1. The summed E-state index contributed by atoms with van der Waals surface area (Å²) < 4.78 is 5.87. The van der Waals surface area contributed by atoms with Gasteiger partial charge in [0.15, 0.2) is 4.34 Å². The fourth-order valence-electron chi connectivity index (χ4n) is 1.47. The highest BCUT2D eigenvalue weighted by atomic mass is 32.2. The van der Waals surface area contributed by atoms with Crippen LogP contribution in [0.15, 0.2) is 28.6 Å². The molecule has 8 heteroatoms. The van der Waals surface area contributed by atoms with Gasteiger partial charge in [0.05, 0.1) is 19.4 Å². The van der Waals surface area contributed by atoms with Gasteiger partial charge in [-0.25, -0.2) is 0 Å². The van der Waals surface area contributed by atoms with Crippen LogP contribution >= 0.6 is 23.1 Å². The molecule has 0 aliphatic rings. The summed E-state index contributed by atoms with van der Waals surface area (Å²) in [6.07, 6.45) is 5.07. The van der Waals surface area contributed by atoms with Gasteiger partial charge in [-0.15, -0.1) is 16.6 Å². The Hall–Kier alpha value is -2.24. The summed E-state index contributed by atoms with van der Waals surface area (Å²) in [5.74, 6) is 3.24. The van der Waals surface area contributed by atoms with Crippen molar-refractivity contribution in [1.29, 1.82) is 0 Å². The molecule has 0 radical (unpaired) electrons. The summed E-state index contributed by atoms with van der Waals surface area (Å²) in [6.45, 7) is 0.234. The van der Waals surface area contributed by atoms with Gasteiger partial charge < -0.3 is 15.4 Å². The molecule has 1 amide bonds. The Kier molecular flexibility index (Phi) is 6.06. The maximum atomic E-state index is 11.4. The fourth-order valence-corrected chi connectivity index (χ4v) is 3.07. The van der Waals surface area contributed by atoms with Gasteiger partial charge in [0.2, 0.25) is 11.0 Å². The molecule has 0 bridgehead atoms. The number of thioether (sulfide) groups is 1. The fraction of sp³-hybridized carbons (Fsp3) is 0.214. The number of hydrogen-bond donors (Lipinski definition) is 2. The van der Waals surface area contributed by atoms with Crippen LogP contribution in [0.25, 0.3) is 0 Å². The first-order chi connectivity index (χ1) is 10.7. The zero-order valence-electron chi connectivity index (χ0n) is 11.8. The summed E-state index contributed by atoms with van der Waals surface area (Å²) in [7, 11) is 1.62. The molecule has 22 heavy (non-hydrogen) atoms. The molecule has 2 aromatic rings. The van der Waals surface area contributed by atoms with Crippen molar-refractivity contribution in [2.75, 3.05) is 24.7 Å². The first-order valence-electron chi connectivity index (χ1n) is 6.29. The predicted octanol–water partition coefficient (Wildman–Crippen LogP) is 2.13. The standard InChI is InChI=1S/C14H14N4O2S2/c1-3-7-15-12(19)9-21-14-18-17-13(22-14)16-10-5-4-6-11(8-10)20-2/h1,4-6,8H,7,9H2,2H3,(H,15,19)(H,16,17). The minimum Gasteiger partial charge on any atom is -0.497 e. The van der Waals surface area contributed by atoms with Crippen molar-refractivity contribution in [3.63, 3.8) is 0 Å². The minimum absolute atomic E-state index is 0.125. The van der Waals surface area contributed by atoms with Crippen LogP contribution < -0.4 is 15.4 Å². The van der Waals surface area contributed by atoms with Gasteiger partial charge in [-0.3, -0.25) is 4.79 Å². The van der Waals surface area contributed by atoms with Crippen LogP contribution in [0.5, 0.6) is 5.75 Å². The number of carbonyl (C=O) groups excluding carboxylic acids is 1. The molecule has 0 saturated carbocycles. The van der Waals surface area contributed by atoms with E-state index in [1.165, 1.54) is 23.1 Å². The smallest absolute Gasteiger partial charge is 0.231 e. The highest BCUT2D eigenvalue weighted by Crippen LogP contribution is 2.28. The van der Waals surface area contributed by atoms with E-state index in [0.29, 0.717) is 9.47 Å². The SMILES string of the molecule is C#CCNC(=O)CSc1nnc(Nc2cccc(OC)c2)s1. The van der Waals surface area contributed by atoms with Crippen LogP contribution in [0.4, 0.5) is 10.8 Å². The number of rotatable bonds is 7. The Labute approximate surface area is 136 Å². The second kappa shape index (κ2) is 8.26. The van der Waals surface area contributed by atoms with Gasteiger partial charge >= 0.3 is 0 Å². The van der Waals surface area contributed by atoms with Gasteiger partial charge in [0.25, 0.3) is 0 Å². The minimum atomic E-state index is -0.125. The second-order valence-corrected chi connectivity index (χ2v) is 6.20. The molecule has 1 aromatic carbocycles. The van der Waals surface area contributed by atoms with E-state index < -0.39 is 0 Å². The highest BCUT2D eigenvalue weighted by Gasteiger charge is 2.08. The van der Waals surface area contributed by atoms with Gasteiger partial charge in [0.1, 0.15) is 5.75 Å². The van der Waals surface area contributed by atoms with Gasteiger partial charge in [0, 0.05) is 11.8 Å². The summed E-state index contributed by atoms with van der Waals surface area (Å²) in [5, 5.41) is 14.5. The third-order valence-electron chi connectivity index (χ3n) is 2.44.